The minimum Gasteiger partial charge on any atom is -0.314 e. The lowest BCUT2D eigenvalue weighted by Gasteiger charge is -2.47. The Morgan fingerprint density at radius 1 is 1.36 bits per heavy atom. The van der Waals surface area contributed by atoms with Crippen molar-refractivity contribution in [3.05, 3.63) is 0 Å². The summed E-state index contributed by atoms with van der Waals surface area (Å²) < 4.78 is 0. The van der Waals surface area contributed by atoms with Crippen LogP contribution in [-0.4, -0.2) is 48.6 Å². The zero-order valence-electron chi connectivity index (χ0n) is 9.81. The molecule has 0 spiro atoms. The van der Waals surface area contributed by atoms with Gasteiger partial charge in [-0.25, -0.2) is 0 Å². The van der Waals surface area contributed by atoms with Crippen LogP contribution in [0.15, 0.2) is 0 Å². The molecule has 2 nitrogen and oxygen atoms in total. The molecule has 0 amide bonds. The highest BCUT2D eigenvalue weighted by atomic mass is 32.2. The van der Waals surface area contributed by atoms with E-state index in [0.717, 1.165) is 6.54 Å². The largest absolute Gasteiger partial charge is 0.314 e. The van der Waals surface area contributed by atoms with Gasteiger partial charge in [0, 0.05) is 37.5 Å². The van der Waals surface area contributed by atoms with Crippen molar-refractivity contribution < 1.29 is 0 Å². The van der Waals surface area contributed by atoms with Gasteiger partial charge in [0.2, 0.25) is 0 Å². The first-order valence-corrected chi connectivity index (χ1v) is 7.13. The molecular weight excluding hydrogens is 192 g/mol. The summed E-state index contributed by atoms with van der Waals surface area (Å²) in [5.74, 6) is 1.27. The number of hydrogen-bond acceptors (Lipinski definition) is 3. The summed E-state index contributed by atoms with van der Waals surface area (Å²) in [5, 5.41) is 3.54. The summed E-state index contributed by atoms with van der Waals surface area (Å²) in [5.41, 5.74) is 0.438. The van der Waals surface area contributed by atoms with Crippen LogP contribution < -0.4 is 5.32 Å². The molecule has 0 unspecified atom stereocenters. The van der Waals surface area contributed by atoms with Gasteiger partial charge < -0.3 is 5.32 Å². The van der Waals surface area contributed by atoms with Gasteiger partial charge in [-0.2, -0.15) is 11.8 Å². The van der Waals surface area contributed by atoms with Gasteiger partial charge in [-0.15, -0.1) is 0 Å². The van der Waals surface area contributed by atoms with Crippen LogP contribution in [-0.2, 0) is 0 Å². The summed E-state index contributed by atoms with van der Waals surface area (Å²) >= 11 is 1.95. The SMILES string of the molecule is CCC1(CC)CNCCN1CCSC. The van der Waals surface area contributed by atoms with Crippen molar-refractivity contribution in [3.8, 4) is 0 Å². The highest BCUT2D eigenvalue weighted by Gasteiger charge is 2.34. The molecule has 0 atom stereocenters. The maximum Gasteiger partial charge on any atom is 0.0329 e. The standard InChI is InChI=1S/C11H24N2S/c1-4-11(5-2)10-12-6-7-13(11)8-9-14-3/h12H,4-10H2,1-3H3. The molecule has 1 N–H and O–H groups in total. The molecule has 1 saturated heterocycles. The smallest absolute Gasteiger partial charge is 0.0329 e. The second kappa shape index (κ2) is 5.99. The predicted molar refractivity (Wildman–Crippen MR) is 66.1 cm³/mol. The topological polar surface area (TPSA) is 15.3 Å². The lowest BCUT2D eigenvalue weighted by molar-refractivity contribution is 0.0587. The number of nitrogens with zero attached hydrogens (tertiary/aromatic N) is 1. The van der Waals surface area contributed by atoms with E-state index in [0.29, 0.717) is 5.54 Å². The second-order valence-electron chi connectivity index (χ2n) is 4.09. The lowest BCUT2D eigenvalue weighted by Crippen LogP contribution is -2.61. The first-order valence-electron chi connectivity index (χ1n) is 5.73. The minimum absolute atomic E-state index is 0.438. The van der Waals surface area contributed by atoms with E-state index >= 15 is 0 Å². The summed E-state index contributed by atoms with van der Waals surface area (Å²) in [6.07, 6.45) is 4.73. The van der Waals surface area contributed by atoms with Crippen LogP contribution in [0.4, 0.5) is 0 Å². The molecule has 1 aliphatic rings. The molecule has 1 rings (SSSR count). The zero-order valence-corrected chi connectivity index (χ0v) is 10.6. The van der Waals surface area contributed by atoms with E-state index in [1.54, 1.807) is 0 Å². The fraction of sp³-hybridized carbons (Fsp3) is 1.00. The molecule has 1 heterocycles. The molecule has 14 heavy (non-hydrogen) atoms. The van der Waals surface area contributed by atoms with Crippen molar-refractivity contribution in [2.75, 3.05) is 38.2 Å². The van der Waals surface area contributed by atoms with E-state index in [1.807, 2.05) is 11.8 Å². The van der Waals surface area contributed by atoms with E-state index < -0.39 is 0 Å². The lowest BCUT2D eigenvalue weighted by atomic mass is 9.89. The third-order valence-corrected chi connectivity index (χ3v) is 4.16. The normalized spacial score (nSPS) is 22.5. The molecular formula is C11H24N2S. The Morgan fingerprint density at radius 3 is 2.64 bits per heavy atom. The first kappa shape index (κ1) is 12.3. The minimum atomic E-state index is 0.438. The molecule has 3 heteroatoms. The van der Waals surface area contributed by atoms with Crippen molar-refractivity contribution in [1.82, 2.24) is 10.2 Å². The van der Waals surface area contributed by atoms with Gasteiger partial charge in [-0.1, -0.05) is 13.8 Å². The quantitative estimate of drug-likeness (QED) is 0.754. The number of hydrogen-bond donors (Lipinski definition) is 1. The van der Waals surface area contributed by atoms with Crippen molar-refractivity contribution in [3.63, 3.8) is 0 Å². The van der Waals surface area contributed by atoms with Crippen LogP contribution >= 0.6 is 11.8 Å². The van der Waals surface area contributed by atoms with Crippen molar-refractivity contribution in [1.29, 1.82) is 0 Å². The summed E-state index contributed by atoms with van der Waals surface area (Å²) in [7, 11) is 0. The van der Waals surface area contributed by atoms with Crippen LogP contribution in [0.1, 0.15) is 26.7 Å². The van der Waals surface area contributed by atoms with Crippen LogP contribution in [0.3, 0.4) is 0 Å². The third-order valence-electron chi connectivity index (χ3n) is 3.56. The molecule has 1 fully saturated rings. The third kappa shape index (κ3) is 2.65. The second-order valence-corrected chi connectivity index (χ2v) is 5.07. The summed E-state index contributed by atoms with van der Waals surface area (Å²) in [6, 6.07) is 0. The van der Waals surface area contributed by atoms with Crippen molar-refractivity contribution >= 4 is 11.8 Å². The van der Waals surface area contributed by atoms with E-state index in [-0.39, 0.29) is 0 Å². The van der Waals surface area contributed by atoms with Gasteiger partial charge >= 0.3 is 0 Å². The van der Waals surface area contributed by atoms with Gasteiger partial charge in [-0.3, -0.25) is 4.90 Å². The zero-order chi connectivity index (χ0) is 10.4. The fourth-order valence-corrected chi connectivity index (χ4v) is 2.78. The first-order chi connectivity index (χ1) is 6.79. The maximum atomic E-state index is 3.54. The predicted octanol–water partition coefficient (Wildman–Crippen LogP) is 1.81. The fourth-order valence-electron chi connectivity index (χ4n) is 2.38. The number of nitrogens with one attached hydrogen (secondary N) is 1. The Kier molecular flexibility index (Phi) is 5.28. The Bertz CT molecular complexity index is 157. The summed E-state index contributed by atoms with van der Waals surface area (Å²) in [4.78, 5) is 2.69. The maximum absolute atomic E-state index is 3.54. The molecule has 0 aromatic heterocycles. The number of thioether (sulfide) groups is 1. The van der Waals surface area contributed by atoms with E-state index in [9.17, 15) is 0 Å². The highest BCUT2D eigenvalue weighted by Crippen LogP contribution is 2.25. The van der Waals surface area contributed by atoms with Crippen LogP contribution in [0, 0.1) is 0 Å². The Labute approximate surface area is 92.8 Å². The molecule has 0 aliphatic carbocycles. The van der Waals surface area contributed by atoms with E-state index in [2.05, 4.69) is 30.3 Å². The Morgan fingerprint density at radius 2 is 2.07 bits per heavy atom. The van der Waals surface area contributed by atoms with Crippen LogP contribution in [0.25, 0.3) is 0 Å². The van der Waals surface area contributed by atoms with Gasteiger partial charge in [0.1, 0.15) is 0 Å². The van der Waals surface area contributed by atoms with Crippen molar-refractivity contribution in [2.24, 2.45) is 0 Å². The number of rotatable bonds is 5. The molecule has 0 aromatic rings. The molecule has 0 aromatic carbocycles. The van der Waals surface area contributed by atoms with Crippen molar-refractivity contribution in [2.45, 2.75) is 32.2 Å². The van der Waals surface area contributed by atoms with Gasteiger partial charge in [0.15, 0.2) is 0 Å². The highest BCUT2D eigenvalue weighted by molar-refractivity contribution is 7.98. The molecule has 0 saturated carbocycles. The Balaban J connectivity index is 2.56. The average Bonchev–Trinajstić information content (AvgIpc) is 2.26. The van der Waals surface area contributed by atoms with Crippen LogP contribution in [0.5, 0.6) is 0 Å². The van der Waals surface area contributed by atoms with Gasteiger partial charge in [0.25, 0.3) is 0 Å². The van der Waals surface area contributed by atoms with Gasteiger partial charge in [-0.05, 0) is 19.1 Å². The Hall–Kier alpha value is 0.270. The monoisotopic (exact) mass is 216 g/mol. The molecule has 0 radical (unpaired) electrons. The van der Waals surface area contributed by atoms with Gasteiger partial charge in [0.05, 0.1) is 0 Å². The number of piperazine rings is 1. The van der Waals surface area contributed by atoms with E-state index in [1.165, 1.54) is 38.2 Å². The van der Waals surface area contributed by atoms with E-state index in [4.69, 9.17) is 0 Å². The summed E-state index contributed by atoms with van der Waals surface area (Å²) in [6.45, 7) is 9.46. The molecule has 0 bridgehead atoms. The van der Waals surface area contributed by atoms with Crippen LogP contribution in [0.2, 0.25) is 0 Å². The average molecular weight is 216 g/mol. The molecule has 84 valence electrons. The molecule has 1 aliphatic heterocycles.